The number of hydrogen-bond acceptors (Lipinski definition) is 3. The van der Waals surface area contributed by atoms with Crippen molar-refractivity contribution in [3.8, 4) is 0 Å². The van der Waals surface area contributed by atoms with Crippen LogP contribution in [0.1, 0.15) is 38.1 Å². The molecule has 2 rings (SSSR count). The molecule has 1 saturated heterocycles. The van der Waals surface area contributed by atoms with Crippen LogP contribution in [0.25, 0.3) is 0 Å². The first-order valence-corrected chi connectivity index (χ1v) is 9.33. The topological polar surface area (TPSA) is 49.4 Å². The zero-order valence-electron chi connectivity index (χ0n) is 13.7. The molecule has 0 saturated carbocycles. The average Bonchev–Trinajstić information content (AvgIpc) is 2.87. The first-order chi connectivity index (χ1) is 11.0. The van der Waals surface area contributed by atoms with Gasteiger partial charge in [0.05, 0.1) is 5.75 Å². The van der Waals surface area contributed by atoms with Crippen LogP contribution in [0.15, 0.2) is 24.3 Å². The summed E-state index contributed by atoms with van der Waals surface area (Å²) in [5.74, 6) is 0.600. The molecule has 2 atom stereocenters. The predicted octanol–water partition coefficient (Wildman–Crippen LogP) is 3.46. The lowest BCUT2D eigenvalue weighted by Crippen LogP contribution is -2.49. The summed E-state index contributed by atoms with van der Waals surface area (Å²) in [4.78, 5) is 26.7. The molecule has 126 valence electrons. The number of rotatable bonds is 6. The van der Waals surface area contributed by atoms with Crippen LogP contribution in [-0.4, -0.2) is 35.1 Å². The van der Waals surface area contributed by atoms with E-state index >= 15 is 0 Å². The van der Waals surface area contributed by atoms with Crippen LogP contribution >= 0.6 is 23.4 Å². The van der Waals surface area contributed by atoms with Crippen molar-refractivity contribution >= 4 is 35.2 Å². The van der Waals surface area contributed by atoms with Gasteiger partial charge in [-0.3, -0.25) is 9.59 Å². The molecule has 1 aliphatic rings. The highest BCUT2D eigenvalue weighted by Gasteiger charge is 2.41. The van der Waals surface area contributed by atoms with E-state index in [1.54, 1.807) is 4.90 Å². The molecule has 2 amide bonds. The van der Waals surface area contributed by atoms with E-state index in [1.165, 1.54) is 11.8 Å². The number of benzene rings is 1. The number of thioether (sulfide) groups is 1. The first-order valence-electron chi connectivity index (χ1n) is 7.90. The molecule has 0 unspecified atom stereocenters. The van der Waals surface area contributed by atoms with E-state index in [-0.39, 0.29) is 17.2 Å². The SMILES string of the molecule is CCNC(=O)[C@@H](CC(C)C)N1C(=O)CS[C@H]1c1ccccc1Cl. The highest BCUT2D eigenvalue weighted by atomic mass is 35.5. The molecule has 0 bridgehead atoms. The Kier molecular flexibility index (Phi) is 6.36. The van der Waals surface area contributed by atoms with E-state index in [0.717, 1.165) is 5.56 Å². The molecule has 0 aromatic heterocycles. The Morgan fingerprint density at radius 2 is 2.13 bits per heavy atom. The quantitative estimate of drug-likeness (QED) is 0.851. The van der Waals surface area contributed by atoms with Crippen molar-refractivity contribution in [2.24, 2.45) is 5.92 Å². The molecule has 1 heterocycles. The molecule has 1 aliphatic heterocycles. The van der Waals surface area contributed by atoms with Gasteiger partial charge in [-0.15, -0.1) is 11.8 Å². The number of likely N-dealkylation sites (N-methyl/N-ethyl adjacent to an activating group) is 1. The summed E-state index contributed by atoms with van der Waals surface area (Å²) in [6.07, 6.45) is 0.638. The number of nitrogens with one attached hydrogen (secondary N) is 1. The first kappa shape index (κ1) is 18.1. The maximum Gasteiger partial charge on any atom is 0.242 e. The molecule has 23 heavy (non-hydrogen) atoms. The second-order valence-corrected chi connectivity index (χ2v) is 7.50. The minimum Gasteiger partial charge on any atom is -0.355 e. The molecule has 4 nitrogen and oxygen atoms in total. The summed E-state index contributed by atoms with van der Waals surface area (Å²) in [6.45, 7) is 6.56. The fourth-order valence-corrected chi connectivity index (χ4v) is 4.34. The maximum absolute atomic E-state index is 12.5. The zero-order valence-corrected chi connectivity index (χ0v) is 15.3. The van der Waals surface area contributed by atoms with Crippen LogP contribution in [0.3, 0.4) is 0 Å². The van der Waals surface area contributed by atoms with Crippen molar-refractivity contribution in [2.75, 3.05) is 12.3 Å². The van der Waals surface area contributed by atoms with Gasteiger partial charge in [0.2, 0.25) is 11.8 Å². The van der Waals surface area contributed by atoms with Crippen molar-refractivity contribution in [2.45, 2.75) is 38.6 Å². The maximum atomic E-state index is 12.5. The van der Waals surface area contributed by atoms with Crippen LogP contribution in [0.4, 0.5) is 0 Å². The van der Waals surface area contributed by atoms with Crippen molar-refractivity contribution in [3.05, 3.63) is 34.9 Å². The van der Waals surface area contributed by atoms with E-state index < -0.39 is 6.04 Å². The molecule has 0 aliphatic carbocycles. The number of carbonyl (C=O) groups excluding carboxylic acids is 2. The van der Waals surface area contributed by atoms with Gasteiger partial charge < -0.3 is 10.2 Å². The lowest BCUT2D eigenvalue weighted by atomic mass is 10.0. The second-order valence-electron chi connectivity index (χ2n) is 6.03. The fourth-order valence-electron chi connectivity index (χ4n) is 2.77. The average molecular weight is 355 g/mol. The van der Waals surface area contributed by atoms with Gasteiger partial charge in [-0.1, -0.05) is 43.6 Å². The monoisotopic (exact) mass is 354 g/mol. The third-order valence-corrected chi connectivity index (χ3v) is 5.32. The molecule has 1 aromatic rings. The van der Waals surface area contributed by atoms with Crippen LogP contribution in [-0.2, 0) is 9.59 Å². The van der Waals surface area contributed by atoms with Gasteiger partial charge in [0.25, 0.3) is 0 Å². The third kappa shape index (κ3) is 4.21. The molecule has 0 radical (unpaired) electrons. The van der Waals surface area contributed by atoms with E-state index in [1.807, 2.05) is 31.2 Å². The number of halogens is 1. The highest BCUT2D eigenvalue weighted by molar-refractivity contribution is 8.00. The van der Waals surface area contributed by atoms with Crippen LogP contribution < -0.4 is 5.32 Å². The van der Waals surface area contributed by atoms with Crippen LogP contribution in [0.5, 0.6) is 0 Å². The lowest BCUT2D eigenvalue weighted by molar-refractivity contribution is -0.139. The lowest BCUT2D eigenvalue weighted by Gasteiger charge is -2.33. The minimum absolute atomic E-state index is 0.00294. The molecular formula is C17H23ClN2O2S. The molecule has 0 spiro atoms. The van der Waals surface area contributed by atoms with Crippen LogP contribution in [0.2, 0.25) is 5.02 Å². The Bertz CT molecular complexity index is 579. The van der Waals surface area contributed by atoms with Crippen molar-refractivity contribution in [1.82, 2.24) is 10.2 Å². The highest BCUT2D eigenvalue weighted by Crippen LogP contribution is 2.43. The van der Waals surface area contributed by atoms with Gasteiger partial charge in [-0.25, -0.2) is 0 Å². The molecule has 1 aromatic carbocycles. The minimum atomic E-state index is -0.460. The van der Waals surface area contributed by atoms with Crippen molar-refractivity contribution in [1.29, 1.82) is 0 Å². The van der Waals surface area contributed by atoms with Gasteiger partial charge >= 0.3 is 0 Å². The summed E-state index contributed by atoms with van der Waals surface area (Å²) < 4.78 is 0. The predicted molar refractivity (Wildman–Crippen MR) is 95.4 cm³/mol. The molecular weight excluding hydrogens is 332 g/mol. The second kappa shape index (κ2) is 8.06. The Hall–Kier alpha value is -1.20. The molecule has 6 heteroatoms. The summed E-state index contributed by atoms with van der Waals surface area (Å²) in [6, 6.07) is 7.07. The normalized spacial score (nSPS) is 19.3. The van der Waals surface area contributed by atoms with Crippen molar-refractivity contribution < 1.29 is 9.59 Å². The van der Waals surface area contributed by atoms with E-state index in [2.05, 4.69) is 19.2 Å². The fraction of sp³-hybridized carbons (Fsp3) is 0.529. The van der Waals surface area contributed by atoms with Gasteiger partial charge in [0, 0.05) is 17.1 Å². The standard InChI is InChI=1S/C17H23ClN2O2S/c1-4-19-16(22)14(9-11(2)3)20-15(21)10-23-17(20)12-7-5-6-8-13(12)18/h5-8,11,14,17H,4,9-10H2,1-3H3,(H,19,22)/t14-,17+/m1/s1. The Labute approximate surface area is 146 Å². The Balaban J connectivity index is 2.35. The summed E-state index contributed by atoms with van der Waals surface area (Å²) in [5, 5.41) is 3.28. The van der Waals surface area contributed by atoms with Gasteiger partial charge in [-0.05, 0) is 25.3 Å². The van der Waals surface area contributed by atoms with Gasteiger partial charge in [-0.2, -0.15) is 0 Å². The molecule has 1 fully saturated rings. The van der Waals surface area contributed by atoms with E-state index in [9.17, 15) is 9.59 Å². The smallest absolute Gasteiger partial charge is 0.242 e. The third-order valence-electron chi connectivity index (χ3n) is 3.76. The van der Waals surface area contributed by atoms with Gasteiger partial charge in [0.15, 0.2) is 0 Å². The Morgan fingerprint density at radius 1 is 1.43 bits per heavy atom. The van der Waals surface area contributed by atoms with E-state index in [0.29, 0.717) is 29.7 Å². The Morgan fingerprint density at radius 3 is 2.74 bits per heavy atom. The number of nitrogens with zero attached hydrogens (tertiary/aromatic N) is 1. The summed E-state index contributed by atoms with van der Waals surface area (Å²) in [5.41, 5.74) is 0.892. The summed E-state index contributed by atoms with van der Waals surface area (Å²) >= 11 is 7.85. The number of amides is 2. The number of hydrogen-bond donors (Lipinski definition) is 1. The largest absolute Gasteiger partial charge is 0.355 e. The van der Waals surface area contributed by atoms with Crippen LogP contribution in [0, 0.1) is 5.92 Å². The van der Waals surface area contributed by atoms with Crippen molar-refractivity contribution in [3.63, 3.8) is 0 Å². The summed E-state index contributed by atoms with van der Waals surface area (Å²) in [7, 11) is 0. The number of carbonyl (C=O) groups is 2. The zero-order chi connectivity index (χ0) is 17.0. The van der Waals surface area contributed by atoms with E-state index in [4.69, 9.17) is 11.6 Å². The van der Waals surface area contributed by atoms with Gasteiger partial charge in [0.1, 0.15) is 11.4 Å². The molecule has 1 N–H and O–H groups in total.